The van der Waals surface area contributed by atoms with E-state index in [9.17, 15) is 9.59 Å². The number of ether oxygens (including phenoxy) is 1. The van der Waals surface area contributed by atoms with Crippen LogP contribution in [0, 0.1) is 0 Å². The molecule has 5 nitrogen and oxygen atoms in total. The number of rotatable bonds is 7. The monoisotopic (exact) mass is 316 g/mol. The van der Waals surface area contributed by atoms with Gasteiger partial charge in [0, 0.05) is 16.3 Å². The first-order valence-electron chi connectivity index (χ1n) is 5.95. The molecular formula is C13H17ClN2O3S. The topological polar surface area (TPSA) is 95.4 Å². The molecule has 1 aromatic carbocycles. The van der Waals surface area contributed by atoms with Crippen molar-refractivity contribution in [3.8, 4) is 0 Å². The number of hydrogen-bond acceptors (Lipinski definition) is 5. The minimum atomic E-state index is -0.597. The van der Waals surface area contributed by atoms with Gasteiger partial charge in [0.25, 0.3) is 0 Å². The number of benzene rings is 1. The number of carbonyl (C=O) groups excluding carboxylic acids is 2. The molecule has 0 aliphatic carbocycles. The Morgan fingerprint density at radius 3 is 2.70 bits per heavy atom. The number of esters is 1. The number of nitrogens with two attached hydrogens (primary N) is 2. The predicted octanol–water partition coefficient (Wildman–Crippen LogP) is 1.56. The highest BCUT2D eigenvalue weighted by Crippen LogP contribution is 2.23. The molecular weight excluding hydrogens is 300 g/mol. The molecule has 1 atom stereocenters. The molecule has 7 heteroatoms. The maximum Gasteiger partial charge on any atom is 0.322 e. The van der Waals surface area contributed by atoms with Crippen molar-refractivity contribution in [2.24, 2.45) is 11.5 Å². The second kappa shape index (κ2) is 8.14. The lowest BCUT2D eigenvalue weighted by molar-refractivity contribution is -0.142. The molecule has 1 rings (SSSR count). The van der Waals surface area contributed by atoms with Crippen molar-refractivity contribution in [1.29, 1.82) is 0 Å². The number of thioether (sulfide) groups is 1. The van der Waals surface area contributed by atoms with Crippen LogP contribution >= 0.6 is 23.4 Å². The zero-order valence-corrected chi connectivity index (χ0v) is 12.7. The van der Waals surface area contributed by atoms with Crippen molar-refractivity contribution in [3.05, 3.63) is 34.3 Å². The largest absolute Gasteiger partial charge is 0.468 e. The molecule has 0 aromatic heterocycles. The Kier molecular flexibility index (Phi) is 6.84. The highest BCUT2D eigenvalue weighted by atomic mass is 35.5. The van der Waals surface area contributed by atoms with Crippen molar-refractivity contribution in [2.45, 2.75) is 18.2 Å². The van der Waals surface area contributed by atoms with Crippen LogP contribution in [0.4, 0.5) is 0 Å². The van der Waals surface area contributed by atoms with Crippen LogP contribution in [0.25, 0.3) is 0 Å². The number of hydrogen-bond donors (Lipinski definition) is 2. The standard InChI is InChI=1S/C13H17ClN2O3S/c1-19-13(18)11(15)4-5-20-7-9-3-2-8(12(16)17)6-10(9)14/h2-3,6,11H,4-5,7,15H2,1H3,(H2,16,17). The van der Waals surface area contributed by atoms with E-state index in [4.69, 9.17) is 23.1 Å². The van der Waals surface area contributed by atoms with Gasteiger partial charge in [-0.25, -0.2) is 0 Å². The molecule has 0 aliphatic heterocycles. The van der Waals surface area contributed by atoms with E-state index in [0.717, 1.165) is 5.56 Å². The highest BCUT2D eigenvalue weighted by Gasteiger charge is 2.13. The van der Waals surface area contributed by atoms with Crippen molar-refractivity contribution in [2.75, 3.05) is 12.9 Å². The second-order valence-corrected chi connectivity index (χ2v) is 5.65. The van der Waals surface area contributed by atoms with Crippen molar-refractivity contribution in [3.63, 3.8) is 0 Å². The molecule has 0 saturated heterocycles. The van der Waals surface area contributed by atoms with Crippen LogP contribution in [0.2, 0.25) is 5.02 Å². The summed E-state index contributed by atoms with van der Waals surface area (Å²) in [6.45, 7) is 0. The van der Waals surface area contributed by atoms with E-state index in [2.05, 4.69) is 4.74 Å². The average molecular weight is 317 g/mol. The fourth-order valence-corrected chi connectivity index (χ4v) is 2.84. The Hall–Kier alpha value is -1.24. The Labute approximate surface area is 127 Å². The molecule has 0 aliphatic rings. The second-order valence-electron chi connectivity index (χ2n) is 4.14. The highest BCUT2D eigenvalue weighted by molar-refractivity contribution is 7.98. The van der Waals surface area contributed by atoms with Gasteiger partial charge in [-0.3, -0.25) is 9.59 Å². The van der Waals surface area contributed by atoms with Gasteiger partial charge in [-0.05, 0) is 29.9 Å². The Morgan fingerprint density at radius 2 is 2.15 bits per heavy atom. The average Bonchev–Trinajstić information content (AvgIpc) is 2.43. The van der Waals surface area contributed by atoms with Crippen molar-refractivity contribution >= 4 is 35.2 Å². The van der Waals surface area contributed by atoms with E-state index in [1.807, 2.05) is 0 Å². The molecule has 0 fully saturated rings. The summed E-state index contributed by atoms with van der Waals surface area (Å²) < 4.78 is 4.54. The summed E-state index contributed by atoms with van der Waals surface area (Å²) in [5.74, 6) is 0.472. The third-order valence-corrected chi connectivity index (χ3v) is 4.06. The molecule has 4 N–H and O–H groups in total. The van der Waals surface area contributed by atoms with Crippen LogP contribution in [0.1, 0.15) is 22.3 Å². The first-order valence-corrected chi connectivity index (χ1v) is 7.48. The lowest BCUT2D eigenvalue weighted by Crippen LogP contribution is -2.31. The Bertz CT molecular complexity index is 497. The molecule has 110 valence electrons. The molecule has 0 bridgehead atoms. The van der Waals surface area contributed by atoms with E-state index in [-0.39, 0.29) is 0 Å². The zero-order chi connectivity index (χ0) is 15.1. The molecule has 0 spiro atoms. The van der Waals surface area contributed by atoms with Gasteiger partial charge >= 0.3 is 5.97 Å². The normalized spacial score (nSPS) is 11.9. The van der Waals surface area contributed by atoms with E-state index in [1.165, 1.54) is 7.11 Å². The van der Waals surface area contributed by atoms with Crippen molar-refractivity contribution < 1.29 is 14.3 Å². The van der Waals surface area contributed by atoms with Crippen LogP contribution in [-0.2, 0) is 15.3 Å². The van der Waals surface area contributed by atoms with E-state index >= 15 is 0 Å². The smallest absolute Gasteiger partial charge is 0.322 e. The van der Waals surface area contributed by atoms with Gasteiger partial charge in [0.05, 0.1) is 7.11 Å². The molecule has 20 heavy (non-hydrogen) atoms. The van der Waals surface area contributed by atoms with E-state index in [1.54, 1.807) is 30.0 Å². The number of halogens is 1. The van der Waals surface area contributed by atoms with Gasteiger partial charge in [-0.15, -0.1) is 0 Å². The first kappa shape index (κ1) is 16.8. The minimum absolute atomic E-state index is 0.386. The number of methoxy groups -OCH3 is 1. The third-order valence-electron chi connectivity index (χ3n) is 2.67. The van der Waals surface area contributed by atoms with Crippen LogP contribution in [0.5, 0.6) is 0 Å². The number of amides is 1. The van der Waals surface area contributed by atoms with Gasteiger partial charge in [0.15, 0.2) is 0 Å². The molecule has 0 radical (unpaired) electrons. The van der Waals surface area contributed by atoms with Crippen LogP contribution in [-0.4, -0.2) is 30.8 Å². The lowest BCUT2D eigenvalue weighted by Gasteiger charge is -2.09. The summed E-state index contributed by atoms with van der Waals surface area (Å²) in [7, 11) is 1.31. The molecule has 1 amide bonds. The first-order chi connectivity index (χ1) is 9.45. The zero-order valence-electron chi connectivity index (χ0n) is 11.1. The van der Waals surface area contributed by atoms with Crippen LogP contribution in [0.3, 0.4) is 0 Å². The van der Waals surface area contributed by atoms with Gasteiger partial charge < -0.3 is 16.2 Å². The quantitative estimate of drug-likeness (QED) is 0.588. The summed E-state index contributed by atoms with van der Waals surface area (Å²) in [6.07, 6.45) is 0.536. The molecule has 0 heterocycles. The predicted molar refractivity (Wildman–Crippen MR) is 80.7 cm³/mol. The third kappa shape index (κ3) is 5.03. The number of carbonyl (C=O) groups is 2. The number of primary amides is 1. The Morgan fingerprint density at radius 1 is 1.45 bits per heavy atom. The maximum absolute atomic E-state index is 11.1. The van der Waals surface area contributed by atoms with Gasteiger partial charge in [0.1, 0.15) is 6.04 Å². The summed E-state index contributed by atoms with van der Waals surface area (Å²) >= 11 is 7.67. The summed E-state index contributed by atoms with van der Waals surface area (Å²) in [5, 5.41) is 0.506. The van der Waals surface area contributed by atoms with Gasteiger partial charge in [0.2, 0.25) is 5.91 Å². The fraction of sp³-hybridized carbons (Fsp3) is 0.385. The summed E-state index contributed by atoms with van der Waals surface area (Å²) in [4.78, 5) is 22.1. The maximum atomic E-state index is 11.1. The fourth-order valence-electron chi connectivity index (χ4n) is 1.48. The van der Waals surface area contributed by atoms with Gasteiger partial charge in [-0.1, -0.05) is 17.7 Å². The van der Waals surface area contributed by atoms with Crippen LogP contribution in [0.15, 0.2) is 18.2 Å². The Balaban J connectivity index is 2.43. The lowest BCUT2D eigenvalue weighted by atomic mass is 10.1. The van der Waals surface area contributed by atoms with Gasteiger partial charge in [-0.2, -0.15) is 11.8 Å². The minimum Gasteiger partial charge on any atom is -0.468 e. The van der Waals surface area contributed by atoms with Crippen molar-refractivity contribution in [1.82, 2.24) is 0 Å². The summed E-state index contributed by atoms with van der Waals surface area (Å²) in [6, 6.07) is 4.38. The van der Waals surface area contributed by atoms with E-state index in [0.29, 0.717) is 28.5 Å². The molecule has 1 unspecified atom stereocenters. The van der Waals surface area contributed by atoms with Crippen LogP contribution < -0.4 is 11.5 Å². The molecule has 1 aromatic rings. The SMILES string of the molecule is COC(=O)C(N)CCSCc1ccc(C(N)=O)cc1Cl. The van der Waals surface area contributed by atoms with E-state index < -0.39 is 17.9 Å². The summed E-state index contributed by atoms with van der Waals surface area (Å²) in [5.41, 5.74) is 12.1. The molecule has 0 saturated carbocycles.